The Morgan fingerprint density at radius 3 is 1.96 bits per heavy atom. The zero-order chi connectivity index (χ0) is 20.4. The van der Waals surface area contributed by atoms with Gasteiger partial charge in [0.25, 0.3) is 0 Å². The summed E-state index contributed by atoms with van der Waals surface area (Å²) < 4.78 is 76.6. The van der Waals surface area contributed by atoms with Crippen LogP contribution in [0.4, 0.5) is 38.2 Å². The molecule has 2 N–H and O–H groups in total. The van der Waals surface area contributed by atoms with Crippen molar-refractivity contribution in [3.63, 3.8) is 0 Å². The Balaban J connectivity index is 2.48. The van der Waals surface area contributed by atoms with Crippen LogP contribution in [0.15, 0.2) is 12.3 Å². The first-order valence-electron chi connectivity index (χ1n) is 7.62. The zero-order valence-electron chi connectivity index (χ0n) is 14.3. The van der Waals surface area contributed by atoms with Crippen molar-refractivity contribution < 1.29 is 26.3 Å². The van der Waals surface area contributed by atoms with Crippen molar-refractivity contribution in [2.45, 2.75) is 45.2 Å². The Labute approximate surface area is 149 Å². The Hall–Kier alpha value is -2.73. The van der Waals surface area contributed by atoms with Crippen LogP contribution in [0.2, 0.25) is 0 Å². The maximum atomic E-state index is 12.8. The monoisotopic (exact) mass is 395 g/mol. The largest absolute Gasteiger partial charge is 0.451 e. The van der Waals surface area contributed by atoms with Crippen molar-refractivity contribution in [1.82, 2.24) is 24.9 Å². The number of nitrogens with one attached hydrogen (secondary N) is 2. The third-order valence-corrected chi connectivity index (χ3v) is 3.03. The highest BCUT2D eigenvalue weighted by atomic mass is 19.4. The molecular weight excluding hydrogens is 380 g/mol. The number of rotatable bonds is 5. The standard InChI is InChI=1S/C14H15F6N7/c1-6(2)22-11-25-9(8-4-5-21-10(24-8)14(18,19)20)26-12(27-11)23-7(3)13(15,16)17/h4-7H,1-3H3,(H2,22,23,25,26,27)/t7-/m1/s1. The molecule has 0 spiro atoms. The van der Waals surface area contributed by atoms with Gasteiger partial charge in [-0.2, -0.15) is 41.3 Å². The van der Waals surface area contributed by atoms with Crippen LogP contribution in [0.3, 0.4) is 0 Å². The molecule has 0 aliphatic rings. The number of hydrogen-bond acceptors (Lipinski definition) is 7. The van der Waals surface area contributed by atoms with Crippen molar-refractivity contribution in [1.29, 1.82) is 0 Å². The van der Waals surface area contributed by atoms with Crippen LogP contribution in [-0.2, 0) is 6.18 Å². The van der Waals surface area contributed by atoms with Crippen molar-refractivity contribution in [3.8, 4) is 11.5 Å². The molecule has 0 unspecified atom stereocenters. The van der Waals surface area contributed by atoms with E-state index >= 15 is 0 Å². The first kappa shape index (κ1) is 20.6. The summed E-state index contributed by atoms with van der Waals surface area (Å²) in [7, 11) is 0. The fourth-order valence-corrected chi connectivity index (χ4v) is 1.77. The third kappa shape index (κ3) is 5.62. The van der Waals surface area contributed by atoms with Gasteiger partial charge in [-0.15, -0.1) is 0 Å². The fraction of sp³-hybridized carbons (Fsp3) is 0.500. The molecule has 0 aliphatic heterocycles. The predicted molar refractivity (Wildman–Crippen MR) is 83.8 cm³/mol. The number of anilines is 2. The van der Waals surface area contributed by atoms with E-state index in [-0.39, 0.29) is 23.5 Å². The maximum absolute atomic E-state index is 12.8. The van der Waals surface area contributed by atoms with E-state index in [0.717, 1.165) is 19.2 Å². The summed E-state index contributed by atoms with van der Waals surface area (Å²) in [6, 6.07) is -1.07. The molecule has 0 fully saturated rings. The molecule has 27 heavy (non-hydrogen) atoms. The molecule has 0 amide bonds. The van der Waals surface area contributed by atoms with Gasteiger partial charge in [-0.05, 0) is 26.8 Å². The lowest BCUT2D eigenvalue weighted by atomic mass is 10.3. The summed E-state index contributed by atoms with van der Waals surface area (Å²) in [5.74, 6) is -2.32. The van der Waals surface area contributed by atoms with Gasteiger partial charge in [0.2, 0.25) is 17.7 Å². The van der Waals surface area contributed by atoms with Crippen LogP contribution in [0.25, 0.3) is 11.5 Å². The van der Waals surface area contributed by atoms with Crippen LogP contribution in [0, 0.1) is 0 Å². The first-order valence-corrected chi connectivity index (χ1v) is 7.62. The van der Waals surface area contributed by atoms with Gasteiger partial charge in [0, 0.05) is 12.2 Å². The predicted octanol–water partition coefficient (Wildman–Crippen LogP) is 3.53. The van der Waals surface area contributed by atoms with E-state index in [0.29, 0.717) is 0 Å². The van der Waals surface area contributed by atoms with Crippen molar-refractivity contribution >= 4 is 11.9 Å². The number of aromatic nitrogens is 5. The van der Waals surface area contributed by atoms with Crippen molar-refractivity contribution in [3.05, 3.63) is 18.1 Å². The fourth-order valence-electron chi connectivity index (χ4n) is 1.77. The normalized spacial score (nSPS) is 13.6. The molecule has 0 saturated carbocycles. The Bertz CT molecular complexity index is 790. The first-order chi connectivity index (χ1) is 12.4. The van der Waals surface area contributed by atoms with Gasteiger partial charge in [-0.25, -0.2) is 9.97 Å². The van der Waals surface area contributed by atoms with Crippen LogP contribution in [0.1, 0.15) is 26.6 Å². The van der Waals surface area contributed by atoms with Gasteiger partial charge < -0.3 is 10.6 Å². The number of hydrogen-bond donors (Lipinski definition) is 2. The van der Waals surface area contributed by atoms with Gasteiger partial charge in [-0.3, -0.25) is 0 Å². The molecule has 7 nitrogen and oxygen atoms in total. The highest BCUT2D eigenvalue weighted by Crippen LogP contribution is 2.28. The summed E-state index contributed by atoms with van der Waals surface area (Å²) in [5, 5.41) is 4.82. The van der Waals surface area contributed by atoms with Crippen molar-refractivity contribution in [2.24, 2.45) is 0 Å². The van der Waals surface area contributed by atoms with Crippen LogP contribution in [-0.4, -0.2) is 43.2 Å². The molecule has 0 aliphatic carbocycles. The highest BCUT2D eigenvalue weighted by Gasteiger charge is 2.37. The van der Waals surface area contributed by atoms with Gasteiger partial charge in [0.05, 0.1) is 0 Å². The lowest BCUT2D eigenvalue weighted by molar-refractivity contribution is -0.145. The minimum Gasteiger partial charge on any atom is -0.352 e. The summed E-state index contributed by atoms with van der Waals surface area (Å²) in [6.45, 7) is 4.30. The molecular formula is C14H15F6N7. The van der Waals surface area contributed by atoms with Crippen LogP contribution in [0.5, 0.6) is 0 Å². The molecule has 0 bridgehead atoms. The van der Waals surface area contributed by atoms with Gasteiger partial charge in [-0.1, -0.05) is 0 Å². The van der Waals surface area contributed by atoms with E-state index < -0.39 is 30.2 Å². The van der Waals surface area contributed by atoms with Crippen LogP contribution >= 0.6 is 0 Å². The minimum absolute atomic E-state index is 0.112. The molecule has 2 aromatic rings. The SMILES string of the molecule is CC(C)Nc1nc(N[C@H](C)C(F)(F)F)nc(-c2ccnc(C(F)(F)F)n2)n1. The minimum atomic E-state index is -4.80. The van der Waals surface area contributed by atoms with Gasteiger partial charge >= 0.3 is 12.4 Å². The van der Waals surface area contributed by atoms with E-state index in [1.807, 2.05) is 0 Å². The Morgan fingerprint density at radius 2 is 1.44 bits per heavy atom. The molecule has 2 aromatic heterocycles. The van der Waals surface area contributed by atoms with E-state index in [2.05, 4.69) is 35.6 Å². The summed E-state index contributed by atoms with van der Waals surface area (Å²) in [4.78, 5) is 18.0. The molecule has 13 heteroatoms. The number of halogens is 6. The van der Waals surface area contributed by atoms with Gasteiger partial charge in [0.1, 0.15) is 11.7 Å². The second-order valence-electron chi connectivity index (χ2n) is 5.78. The highest BCUT2D eigenvalue weighted by molar-refractivity contribution is 5.53. The van der Waals surface area contributed by atoms with Crippen LogP contribution < -0.4 is 10.6 Å². The smallest absolute Gasteiger partial charge is 0.352 e. The zero-order valence-corrected chi connectivity index (χ0v) is 14.3. The molecule has 2 heterocycles. The Morgan fingerprint density at radius 1 is 0.852 bits per heavy atom. The Kier molecular flexibility index (Phi) is 5.70. The number of alkyl halides is 6. The second kappa shape index (κ2) is 7.48. The summed E-state index contributed by atoms with van der Waals surface area (Å²) in [6.07, 6.45) is -8.51. The molecule has 1 atom stereocenters. The molecule has 148 valence electrons. The third-order valence-electron chi connectivity index (χ3n) is 3.03. The lowest BCUT2D eigenvalue weighted by Crippen LogP contribution is -2.34. The summed E-state index contributed by atoms with van der Waals surface area (Å²) in [5.41, 5.74) is -0.311. The summed E-state index contributed by atoms with van der Waals surface area (Å²) >= 11 is 0. The van der Waals surface area contributed by atoms with Gasteiger partial charge in [0.15, 0.2) is 5.82 Å². The van der Waals surface area contributed by atoms with E-state index in [1.54, 1.807) is 13.8 Å². The molecule has 2 rings (SSSR count). The van der Waals surface area contributed by atoms with E-state index in [4.69, 9.17) is 0 Å². The average Bonchev–Trinajstić information content (AvgIpc) is 2.52. The lowest BCUT2D eigenvalue weighted by Gasteiger charge is -2.18. The topological polar surface area (TPSA) is 88.5 Å². The second-order valence-corrected chi connectivity index (χ2v) is 5.78. The molecule has 0 radical (unpaired) electrons. The number of nitrogens with zero attached hydrogens (tertiary/aromatic N) is 5. The average molecular weight is 395 g/mol. The maximum Gasteiger partial charge on any atom is 0.451 e. The van der Waals surface area contributed by atoms with E-state index in [1.165, 1.54) is 0 Å². The van der Waals surface area contributed by atoms with E-state index in [9.17, 15) is 26.3 Å². The quantitative estimate of drug-likeness (QED) is 0.749. The molecule has 0 saturated heterocycles. The molecule has 0 aromatic carbocycles. The van der Waals surface area contributed by atoms with Crippen molar-refractivity contribution in [2.75, 3.05) is 10.6 Å².